The first kappa shape index (κ1) is 15.8. The molecule has 0 unspecified atom stereocenters. The molecule has 7 heteroatoms. The molecule has 0 fully saturated rings. The van der Waals surface area contributed by atoms with Crippen LogP contribution >= 0.6 is 0 Å². The summed E-state index contributed by atoms with van der Waals surface area (Å²) < 4.78 is 0. The molecular formula is C19H15N5O2. The number of carbonyl (C=O) groups is 1. The summed E-state index contributed by atoms with van der Waals surface area (Å²) in [6, 6.07) is 14.5. The quantitative estimate of drug-likeness (QED) is 0.531. The molecule has 26 heavy (non-hydrogen) atoms. The Bertz CT molecular complexity index is 1160. The summed E-state index contributed by atoms with van der Waals surface area (Å²) in [7, 11) is 0. The number of nitrogens with zero attached hydrogens (tertiary/aromatic N) is 2. The van der Waals surface area contributed by atoms with Crippen molar-refractivity contribution in [1.82, 2.24) is 20.4 Å². The van der Waals surface area contributed by atoms with Crippen molar-refractivity contribution in [1.29, 1.82) is 0 Å². The highest BCUT2D eigenvalue weighted by Crippen LogP contribution is 2.28. The van der Waals surface area contributed by atoms with Crippen molar-refractivity contribution >= 4 is 22.4 Å². The maximum Gasteiger partial charge on any atom is 0.273 e. The van der Waals surface area contributed by atoms with Gasteiger partial charge < -0.3 is 5.32 Å². The zero-order valence-electron chi connectivity index (χ0n) is 13.9. The maximum atomic E-state index is 12.1. The second kappa shape index (κ2) is 6.29. The number of anilines is 1. The molecule has 4 aromatic rings. The molecular weight excluding hydrogens is 330 g/mol. The van der Waals surface area contributed by atoms with Gasteiger partial charge in [0, 0.05) is 22.8 Å². The third kappa shape index (κ3) is 2.75. The fraction of sp³-hybridized carbons (Fsp3) is 0.0526. The monoisotopic (exact) mass is 345 g/mol. The molecule has 4 rings (SSSR count). The predicted octanol–water partition coefficient (Wildman–Crippen LogP) is 2.87. The molecule has 7 nitrogen and oxygen atoms in total. The van der Waals surface area contributed by atoms with E-state index in [1.165, 1.54) is 6.20 Å². The van der Waals surface area contributed by atoms with Crippen LogP contribution in [0.1, 0.15) is 16.1 Å². The number of aryl methyl sites for hydroxylation is 1. The van der Waals surface area contributed by atoms with Crippen LogP contribution in [0.2, 0.25) is 0 Å². The summed E-state index contributed by atoms with van der Waals surface area (Å²) in [5.41, 5.74) is 3.35. The SMILES string of the molecule is Cc1cc(NC(=O)c2ccn[nH]2)ccc1-c1n[nH]c(=O)c2ccccc12. The second-order valence-corrected chi connectivity index (χ2v) is 5.90. The summed E-state index contributed by atoms with van der Waals surface area (Å²) in [4.78, 5) is 24.1. The molecule has 0 saturated heterocycles. The number of aromatic amines is 2. The predicted molar refractivity (Wildman–Crippen MR) is 99.1 cm³/mol. The Kier molecular flexibility index (Phi) is 3.81. The first-order chi connectivity index (χ1) is 12.6. The number of rotatable bonds is 3. The van der Waals surface area contributed by atoms with Gasteiger partial charge in [-0.15, -0.1) is 0 Å². The number of fused-ring (bicyclic) bond motifs is 1. The van der Waals surface area contributed by atoms with E-state index >= 15 is 0 Å². The lowest BCUT2D eigenvalue weighted by molar-refractivity contribution is 0.102. The molecule has 0 aliphatic carbocycles. The number of hydrogen-bond donors (Lipinski definition) is 3. The van der Waals surface area contributed by atoms with E-state index < -0.39 is 0 Å². The normalized spacial score (nSPS) is 10.8. The van der Waals surface area contributed by atoms with Crippen LogP contribution in [-0.2, 0) is 0 Å². The van der Waals surface area contributed by atoms with Gasteiger partial charge in [0.2, 0.25) is 0 Å². The Hall–Kier alpha value is -3.74. The van der Waals surface area contributed by atoms with Crippen LogP contribution < -0.4 is 10.9 Å². The third-order valence-corrected chi connectivity index (χ3v) is 4.18. The van der Waals surface area contributed by atoms with Gasteiger partial charge in [-0.05, 0) is 36.8 Å². The molecule has 128 valence electrons. The molecule has 0 saturated carbocycles. The fourth-order valence-corrected chi connectivity index (χ4v) is 2.91. The molecule has 0 atom stereocenters. The van der Waals surface area contributed by atoms with Crippen LogP contribution in [-0.4, -0.2) is 26.3 Å². The first-order valence-electron chi connectivity index (χ1n) is 8.02. The van der Waals surface area contributed by atoms with Gasteiger partial charge >= 0.3 is 0 Å². The largest absolute Gasteiger partial charge is 0.321 e. The van der Waals surface area contributed by atoms with Gasteiger partial charge in [-0.1, -0.05) is 24.3 Å². The lowest BCUT2D eigenvalue weighted by atomic mass is 10.0. The second-order valence-electron chi connectivity index (χ2n) is 5.90. The van der Waals surface area contributed by atoms with Gasteiger partial charge in [0.25, 0.3) is 11.5 Å². The first-order valence-corrected chi connectivity index (χ1v) is 8.02. The Morgan fingerprint density at radius 1 is 1.04 bits per heavy atom. The summed E-state index contributed by atoms with van der Waals surface area (Å²) in [6.07, 6.45) is 1.52. The summed E-state index contributed by atoms with van der Waals surface area (Å²) in [6.45, 7) is 1.93. The number of carbonyl (C=O) groups excluding carboxylic acids is 1. The van der Waals surface area contributed by atoms with Gasteiger partial charge in [0.05, 0.1) is 11.1 Å². The molecule has 0 bridgehead atoms. The van der Waals surface area contributed by atoms with E-state index in [9.17, 15) is 9.59 Å². The van der Waals surface area contributed by atoms with Crippen molar-refractivity contribution < 1.29 is 4.79 Å². The highest BCUT2D eigenvalue weighted by Gasteiger charge is 2.12. The Morgan fingerprint density at radius 2 is 1.85 bits per heavy atom. The zero-order chi connectivity index (χ0) is 18.1. The summed E-state index contributed by atoms with van der Waals surface area (Å²) in [5, 5.41) is 17.4. The number of benzene rings is 2. The average molecular weight is 345 g/mol. The Labute approximate surface area is 148 Å². The van der Waals surface area contributed by atoms with Crippen molar-refractivity contribution in [3.63, 3.8) is 0 Å². The van der Waals surface area contributed by atoms with Crippen LogP contribution in [0.25, 0.3) is 22.0 Å². The molecule has 2 heterocycles. The van der Waals surface area contributed by atoms with Crippen LogP contribution in [0.15, 0.2) is 59.5 Å². The highest BCUT2D eigenvalue weighted by molar-refractivity contribution is 6.03. The maximum absolute atomic E-state index is 12.1. The summed E-state index contributed by atoms with van der Waals surface area (Å²) >= 11 is 0. The standard InChI is InChI=1S/C19H15N5O2/c1-11-10-12(21-19(26)16-8-9-20-22-16)6-7-13(11)17-14-4-2-3-5-15(14)18(25)24-23-17/h2-10H,1H3,(H,20,22)(H,21,26)(H,24,25). The van der Waals surface area contributed by atoms with Crippen LogP contribution in [0.5, 0.6) is 0 Å². The van der Waals surface area contributed by atoms with Gasteiger partial charge in [-0.25, -0.2) is 5.10 Å². The van der Waals surface area contributed by atoms with E-state index in [0.717, 1.165) is 16.5 Å². The molecule has 1 amide bonds. The van der Waals surface area contributed by atoms with Crippen LogP contribution in [0.3, 0.4) is 0 Å². The van der Waals surface area contributed by atoms with E-state index in [1.54, 1.807) is 18.2 Å². The number of nitrogens with one attached hydrogen (secondary N) is 3. The average Bonchev–Trinajstić information content (AvgIpc) is 3.18. The summed E-state index contributed by atoms with van der Waals surface area (Å²) in [5.74, 6) is -0.262. The minimum absolute atomic E-state index is 0.217. The van der Waals surface area contributed by atoms with Crippen molar-refractivity contribution in [3.8, 4) is 11.3 Å². The number of aromatic nitrogens is 4. The molecule has 0 aliphatic heterocycles. The molecule has 2 aromatic carbocycles. The minimum atomic E-state index is -0.262. The Morgan fingerprint density at radius 3 is 2.58 bits per heavy atom. The lowest BCUT2D eigenvalue weighted by Crippen LogP contribution is -2.12. The molecule has 0 spiro atoms. The van der Waals surface area contributed by atoms with Crippen LogP contribution in [0.4, 0.5) is 5.69 Å². The number of hydrogen-bond acceptors (Lipinski definition) is 4. The van der Waals surface area contributed by atoms with Crippen molar-refractivity contribution in [3.05, 3.63) is 76.3 Å². The van der Waals surface area contributed by atoms with Crippen molar-refractivity contribution in [2.45, 2.75) is 6.92 Å². The number of amides is 1. The highest BCUT2D eigenvalue weighted by atomic mass is 16.2. The lowest BCUT2D eigenvalue weighted by Gasteiger charge is -2.10. The fourth-order valence-electron chi connectivity index (χ4n) is 2.91. The van der Waals surface area contributed by atoms with Gasteiger partial charge in [-0.2, -0.15) is 10.2 Å². The van der Waals surface area contributed by atoms with E-state index in [1.807, 2.05) is 37.3 Å². The zero-order valence-corrected chi connectivity index (χ0v) is 13.9. The van der Waals surface area contributed by atoms with E-state index in [2.05, 4.69) is 25.7 Å². The van der Waals surface area contributed by atoms with E-state index in [-0.39, 0.29) is 11.5 Å². The Balaban J connectivity index is 1.72. The van der Waals surface area contributed by atoms with E-state index in [4.69, 9.17) is 0 Å². The van der Waals surface area contributed by atoms with Crippen molar-refractivity contribution in [2.75, 3.05) is 5.32 Å². The van der Waals surface area contributed by atoms with Gasteiger partial charge in [-0.3, -0.25) is 14.7 Å². The van der Waals surface area contributed by atoms with Gasteiger partial charge in [0.1, 0.15) is 5.69 Å². The molecule has 0 aliphatic rings. The third-order valence-electron chi connectivity index (χ3n) is 4.18. The minimum Gasteiger partial charge on any atom is -0.321 e. The number of H-pyrrole nitrogens is 2. The topological polar surface area (TPSA) is 104 Å². The van der Waals surface area contributed by atoms with Gasteiger partial charge in [0.15, 0.2) is 0 Å². The molecule has 0 radical (unpaired) electrons. The molecule has 3 N–H and O–H groups in total. The van der Waals surface area contributed by atoms with E-state index in [0.29, 0.717) is 22.5 Å². The molecule has 2 aromatic heterocycles. The van der Waals surface area contributed by atoms with Crippen molar-refractivity contribution in [2.24, 2.45) is 0 Å². The smallest absolute Gasteiger partial charge is 0.273 e. The van der Waals surface area contributed by atoms with Crippen LogP contribution in [0, 0.1) is 6.92 Å².